The number of aliphatic hydroxyl groups excluding tert-OH is 2. The van der Waals surface area contributed by atoms with Gasteiger partial charge in [-0.3, -0.25) is 14.4 Å². The Hall–Kier alpha value is -3.06. The van der Waals surface area contributed by atoms with Gasteiger partial charge in [0.15, 0.2) is 0 Å². The van der Waals surface area contributed by atoms with E-state index in [4.69, 9.17) is 11.5 Å². The molecule has 0 aromatic heterocycles. The summed E-state index contributed by atoms with van der Waals surface area (Å²) in [6, 6.07) is 3.78. The molecule has 0 radical (unpaired) electrons. The number of carboxylic acids is 1. The molecule has 0 saturated carbocycles. The van der Waals surface area contributed by atoms with Crippen molar-refractivity contribution in [3.8, 4) is 0 Å². The van der Waals surface area contributed by atoms with Gasteiger partial charge in [-0.15, -0.1) is 0 Å². The molecule has 34 heavy (non-hydrogen) atoms. The standard InChI is InChI=1S/C22H35N5O7/c1-13(29)18(21(32)25-16(22(33)34)9-5-6-10-23)27-20(31)17(12-28)26-19(30)15(24)11-14-7-3-2-4-8-14/h2-4,7-8,13,15-18,28-29H,5-6,9-12,23-24H2,1H3,(H,25,32)(H,26,30)(H,27,31)(H,33,34). The predicted octanol–water partition coefficient (Wildman–Crippen LogP) is -2.40. The van der Waals surface area contributed by atoms with Crippen molar-refractivity contribution in [2.75, 3.05) is 13.2 Å². The van der Waals surface area contributed by atoms with Crippen LogP contribution < -0.4 is 27.4 Å². The van der Waals surface area contributed by atoms with Crippen molar-refractivity contribution >= 4 is 23.7 Å². The Labute approximate surface area is 198 Å². The van der Waals surface area contributed by atoms with E-state index in [0.29, 0.717) is 19.4 Å². The lowest BCUT2D eigenvalue weighted by Gasteiger charge is -2.26. The van der Waals surface area contributed by atoms with Gasteiger partial charge in [-0.2, -0.15) is 0 Å². The molecule has 0 heterocycles. The first-order valence-corrected chi connectivity index (χ1v) is 11.0. The second-order valence-corrected chi connectivity index (χ2v) is 7.95. The lowest BCUT2D eigenvalue weighted by Crippen LogP contribution is -2.60. The number of unbranched alkanes of at least 4 members (excludes halogenated alkanes) is 1. The number of carbonyl (C=O) groups excluding carboxylic acids is 3. The molecular formula is C22H35N5O7. The van der Waals surface area contributed by atoms with E-state index in [2.05, 4.69) is 16.0 Å². The van der Waals surface area contributed by atoms with Gasteiger partial charge in [0, 0.05) is 0 Å². The molecule has 10 N–H and O–H groups in total. The number of aliphatic carboxylic acids is 1. The highest BCUT2D eigenvalue weighted by molar-refractivity contribution is 5.94. The molecule has 12 nitrogen and oxygen atoms in total. The maximum Gasteiger partial charge on any atom is 0.326 e. The number of carboxylic acid groups (broad SMARTS) is 1. The first-order valence-electron chi connectivity index (χ1n) is 11.0. The highest BCUT2D eigenvalue weighted by Crippen LogP contribution is 2.04. The highest BCUT2D eigenvalue weighted by Gasteiger charge is 2.32. The number of amides is 3. The number of nitrogens with two attached hydrogens (primary N) is 2. The van der Waals surface area contributed by atoms with Gasteiger partial charge in [0.2, 0.25) is 17.7 Å². The quantitative estimate of drug-likeness (QED) is 0.125. The minimum Gasteiger partial charge on any atom is -0.480 e. The van der Waals surface area contributed by atoms with Crippen molar-refractivity contribution in [2.24, 2.45) is 11.5 Å². The zero-order valence-electron chi connectivity index (χ0n) is 19.1. The minimum absolute atomic E-state index is 0.118. The van der Waals surface area contributed by atoms with Gasteiger partial charge in [0.1, 0.15) is 18.1 Å². The summed E-state index contributed by atoms with van der Waals surface area (Å²) in [4.78, 5) is 49.0. The maximum absolute atomic E-state index is 12.6. The Bertz CT molecular complexity index is 806. The molecule has 0 aliphatic carbocycles. The van der Waals surface area contributed by atoms with Gasteiger partial charge in [0.05, 0.1) is 18.8 Å². The van der Waals surface area contributed by atoms with Gasteiger partial charge in [-0.05, 0) is 44.7 Å². The van der Waals surface area contributed by atoms with Crippen LogP contribution in [0.4, 0.5) is 0 Å². The van der Waals surface area contributed by atoms with E-state index >= 15 is 0 Å². The van der Waals surface area contributed by atoms with Crippen LogP contribution in [0.5, 0.6) is 0 Å². The first kappa shape index (κ1) is 29.0. The van der Waals surface area contributed by atoms with Gasteiger partial charge < -0.3 is 42.7 Å². The van der Waals surface area contributed by atoms with Gasteiger partial charge >= 0.3 is 5.97 Å². The maximum atomic E-state index is 12.6. The molecule has 0 aliphatic heterocycles. The Balaban J connectivity index is 2.76. The summed E-state index contributed by atoms with van der Waals surface area (Å²) in [5, 5.41) is 35.7. The van der Waals surface area contributed by atoms with Crippen LogP contribution in [0.3, 0.4) is 0 Å². The summed E-state index contributed by atoms with van der Waals surface area (Å²) >= 11 is 0. The van der Waals surface area contributed by atoms with Crippen molar-refractivity contribution < 1.29 is 34.5 Å². The summed E-state index contributed by atoms with van der Waals surface area (Å²) in [5.74, 6) is -3.83. The molecule has 0 saturated heterocycles. The largest absolute Gasteiger partial charge is 0.480 e. The molecule has 1 aromatic rings. The average Bonchev–Trinajstić information content (AvgIpc) is 2.80. The van der Waals surface area contributed by atoms with E-state index in [0.717, 1.165) is 5.56 Å². The summed E-state index contributed by atoms with van der Waals surface area (Å²) in [5.41, 5.74) is 12.1. The van der Waals surface area contributed by atoms with Crippen LogP contribution in [-0.2, 0) is 25.6 Å². The SMILES string of the molecule is CC(O)C(NC(=O)C(CO)NC(=O)C(N)Cc1ccccc1)C(=O)NC(CCCCN)C(=O)O. The van der Waals surface area contributed by atoms with Crippen LogP contribution >= 0.6 is 0 Å². The fourth-order valence-electron chi connectivity index (χ4n) is 3.10. The van der Waals surface area contributed by atoms with Crippen LogP contribution in [0.1, 0.15) is 31.7 Å². The second-order valence-electron chi connectivity index (χ2n) is 7.95. The molecule has 1 rings (SSSR count). The van der Waals surface area contributed by atoms with Crippen LogP contribution in [0, 0.1) is 0 Å². The molecular weight excluding hydrogens is 446 g/mol. The second kappa shape index (κ2) is 15.0. The van der Waals surface area contributed by atoms with Crippen LogP contribution in [0.25, 0.3) is 0 Å². The molecule has 12 heteroatoms. The highest BCUT2D eigenvalue weighted by atomic mass is 16.4. The lowest BCUT2D eigenvalue weighted by molar-refractivity contribution is -0.143. The predicted molar refractivity (Wildman–Crippen MR) is 123 cm³/mol. The van der Waals surface area contributed by atoms with Crippen molar-refractivity contribution in [3.63, 3.8) is 0 Å². The van der Waals surface area contributed by atoms with Gasteiger partial charge in [-0.1, -0.05) is 30.3 Å². The van der Waals surface area contributed by atoms with Gasteiger partial charge in [-0.25, -0.2) is 4.79 Å². The number of rotatable bonds is 15. The fourth-order valence-corrected chi connectivity index (χ4v) is 3.10. The Morgan fingerprint density at radius 2 is 1.56 bits per heavy atom. The molecule has 0 bridgehead atoms. The minimum atomic E-state index is -1.52. The summed E-state index contributed by atoms with van der Waals surface area (Å²) in [7, 11) is 0. The van der Waals surface area contributed by atoms with Crippen LogP contribution in [0.2, 0.25) is 0 Å². The van der Waals surface area contributed by atoms with Gasteiger partial charge in [0.25, 0.3) is 0 Å². The number of hydrogen-bond acceptors (Lipinski definition) is 8. The third-order valence-corrected chi connectivity index (χ3v) is 5.07. The zero-order valence-corrected chi connectivity index (χ0v) is 19.1. The monoisotopic (exact) mass is 481 g/mol. The lowest BCUT2D eigenvalue weighted by atomic mass is 10.1. The van der Waals surface area contributed by atoms with Crippen molar-refractivity contribution in [1.29, 1.82) is 0 Å². The Morgan fingerprint density at radius 1 is 0.941 bits per heavy atom. The fraction of sp³-hybridized carbons (Fsp3) is 0.545. The van der Waals surface area contributed by atoms with E-state index in [1.54, 1.807) is 24.3 Å². The van der Waals surface area contributed by atoms with Crippen LogP contribution in [0.15, 0.2) is 30.3 Å². The average molecular weight is 482 g/mol. The third-order valence-electron chi connectivity index (χ3n) is 5.07. The number of hydrogen-bond donors (Lipinski definition) is 8. The number of carbonyl (C=O) groups is 4. The molecule has 3 amide bonds. The smallest absolute Gasteiger partial charge is 0.326 e. The molecule has 190 valence electrons. The molecule has 1 aromatic carbocycles. The van der Waals surface area contributed by atoms with E-state index in [1.807, 2.05) is 6.07 Å². The molecule has 0 spiro atoms. The first-order chi connectivity index (χ1) is 16.1. The topological polar surface area (TPSA) is 217 Å². The van der Waals surface area contributed by atoms with Crippen molar-refractivity contribution in [1.82, 2.24) is 16.0 Å². The molecule has 0 aliphatic rings. The Morgan fingerprint density at radius 3 is 2.09 bits per heavy atom. The van der Waals surface area contributed by atoms with Crippen molar-refractivity contribution in [2.45, 2.75) is 62.9 Å². The number of benzene rings is 1. The van der Waals surface area contributed by atoms with E-state index in [-0.39, 0.29) is 12.8 Å². The molecule has 5 unspecified atom stereocenters. The summed E-state index contributed by atoms with van der Waals surface area (Å²) in [6.07, 6.45) is -0.0426. The summed E-state index contributed by atoms with van der Waals surface area (Å²) < 4.78 is 0. The number of nitrogens with one attached hydrogen (secondary N) is 3. The van der Waals surface area contributed by atoms with Crippen molar-refractivity contribution in [3.05, 3.63) is 35.9 Å². The third kappa shape index (κ3) is 9.83. The normalized spacial score (nSPS) is 15.3. The molecule has 5 atom stereocenters. The van der Waals surface area contributed by atoms with Crippen LogP contribution in [-0.4, -0.2) is 82.4 Å². The zero-order chi connectivity index (χ0) is 25.7. The van der Waals surface area contributed by atoms with E-state index in [9.17, 15) is 34.5 Å². The number of aliphatic hydroxyl groups is 2. The molecule has 0 fully saturated rings. The Kier molecular flexibility index (Phi) is 12.7. The van der Waals surface area contributed by atoms with E-state index in [1.165, 1.54) is 6.92 Å². The summed E-state index contributed by atoms with van der Waals surface area (Å²) in [6.45, 7) is 0.813. The van der Waals surface area contributed by atoms with E-state index < -0.39 is 60.6 Å².